The second-order valence-corrected chi connectivity index (χ2v) is 5.56. The van der Waals surface area contributed by atoms with Crippen LogP contribution in [0.4, 0.5) is 10.2 Å². The quantitative estimate of drug-likeness (QED) is 0.524. The molecule has 0 saturated heterocycles. The molecule has 0 fully saturated rings. The summed E-state index contributed by atoms with van der Waals surface area (Å²) in [7, 11) is 0. The van der Waals surface area contributed by atoms with E-state index in [0.29, 0.717) is 5.75 Å². The van der Waals surface area contributed by atoms with Crippen LogP contribution in [-0.4, -0.2) is 26.1 Å². The lowest BCUT2D eigenvalue weighted by atomic mass is 10.1. The van der Waals surface area contributed by atoms with Crippen LogP contribution in [0.5, 0.6) is 0 Å². The van der Waals surface area contributed by atoms with Crippen molar-refractivity contribution in [1.29, 1.82) is 0 Å². The maximum Gasteiger partial charge on any atom is 0.344 e. The van der Waals surface area contributed by atoms with E-state index in [1.54, 1.807) is 6.92 Å². The first-order valence-corrected chi connectivity index (χ1v) is 7.16. The zero-order valence-electron chi connectivity index (χ0n) is 10.7. The first-order chi connectivity index (χ1) is 9.52. The highest BCUT2D eigenvalue weighted by Gasteiger charge is 2.19. The van der Waals surface area contributed by atoms with E-state index >= 15 is 0 Å². The number of nitrogen functional groups attached to an aromatic ring is 1. The molecule has 7 heteroatoms. The van der Waals surface area contributed by atoms with E-state index in [9.17, 15) is 13.7 Å². The van der Waals surface area contributed by atoms with Gasteiger partial charge < -0.3 is 10.3 Å². The van der Waals surface area contributed by atoms with Gasteiger partial charge >= 0.3 is 5.16 Å². The number of nitrogens with two attached hydrogens (primary N) is 1. The van der Waals surface area contributed by atoms with Crippen molar-refractivity contribution in [2.45, 2.75) is 12.1 Å². The van der Waals surface area contributed by atoms with E-state index < -0.39 is 22.8 Å². The molecule has 1 unspecified atom stereocenters. The topological polar surface area (TPSA) is 91.9 Å². The molecule has 0 amide bonds. The Morgan fingerprint density at radius 1 is 1.40 bits per heavy atom. The molecular formula is C13H12FN3O2S. The van der Waals surface area contributed by atoms with Gasteiger partial charge in [0.05, 0.1) is 5.56 Å². The molecule has 1 heterocycles. The minimum atomic E-state index is -1.33. The number of ketones is 1. The normalized spacial score (nSPS) is 12.2. The van der Waals surface area contributed by atoms with Gasteiger partial charge in [0.25, 0.3) is 0 Å². The smallest absolute Gasteiger partial charge is 0.344 e. The minimum absolute atomic E-state index is 0.0360. The van der Waals surface area contributed by atoms with Crippen molar-refractivity contribution in [1.82, 2.24) is 9.97 Å². The van der Waals surface area contributed by atoms with Crippen molar-refractivity contribution in [3.05, 3.63) is 47.4 Å². The SMILES string of the molecule is CC[S+]([O-])c1ncc(C(=O)c2ccc(F)cc2)c(N)n1. The van der Waals surface area contributed by atoms with Gasteiger partial charge in [-0.25, -0.2) is 4.39 Å². The molecule has 0 aliphatic rings. The molecule has 1 atom stereocenters. The van der Waals surface area contributed by atoms with Gasteiger partial charge in [0.2, 0.25) is 0 Å². The maximum absolute atomic E-state index is 12.8. The van der Waals surface area contributed by atoms with Gasteiger partial charge in [-0.05, 0) is 31.2 Å². The Bertz CT molecular complexity index is 634. The number of aromatic nitrogens is 2. The largest absolute Gasteiger partial charge is 0.609 e. The third-order valence-electron chi connectivity index (χ3n) is 2.61. The van der Waals surface area contributed by atoms with E-state index in [0.717, 1.165) is 0 Å². The van der Waals surface area contributed by atoms with Crippen molar-refractivity contribution in [2.75, 3.05) is 11.5 Å². The van der Waals surface area contributed by atoms with Crippen LogP contribution in [-0.2, 0) is 11.2 Å². The number of carbonyl (C=O) groups is 1. The molecule has 5 nitrogen and oxygen atoms in total. The van der Waals surface area contributed by atoms with E-state index in [-0.39, 0.29) is 22.1 Å². The van der Waals surface area contributed by atoms with Crippen LogP contribution in [0.3, 0.4) is 0 Å². The highest BCUT2D eigenvalue weighted by Crippen LogP contribution is 2.16. The molecule has 0 radical (unpaired) electrons. The summed E-state index contributed by atoms with van der Waals surface area (Å²) in [5.74, 6) is -0.507. The zero-order valence-corrected chi connectivity index (χ0v) is 11.5. The fourth-order valence-corrected chi connectivity index (χ4v) is 2.18. The van der Waals surface area contributed by atoms with Crippen LogP contribution in [0.1, 0.15) is 22.8 Å². The van der Waals surface area contributed by atoms with Crippen LogP contribution in [0, 0.1) is 5.82 Å². The molecule has 0 aliphatic carbocycles. The zero-order chi connectivity index (χ0) is 14.7. The second kappa shape index (κ2) is 5.98. The van der Waals surface area contributed by atoms with E-state index in [4.69, 9.17) is 5.73 Å². The summed E-state index contributed by atoms with van der Waals surface area (Å²) in [5, 5.41) is 0.0978. The molecule has 2 N–H and O–H groups in total. The lowest BCUT2D eigenvalue weighted by molar-refractivity contribution is 0.103. The summed E-state index contributed by atoms with van der Waals surface area (Å²) < 4.78 is 24.4. The predicted molar refractivity (Wildman–Crippen MR) is 73.2 cm³/mol. The minimum Gasteiger partial charge on any atom is -0.609 e. The molecule has 2 aromatic rings. The van der Waals surface area contributed by atoms with Crippen molar-refractivity contribution in [2.24, 2.45) is 0 Å². The first-order valence-electron chi connectivity index (χ1n) is 5.84. The molecule has 1 aromatic carbocycles. The highest BCUT2D eigenvalue weighted by molar-refractivity contribution is 7.91. The lowest BCUT2D eigenvalue weighted by Gasteiger charge is -2.08. The molecule has 1 aromatic heterocycles. The Hall–Kier alpha value is -1.99. The molecule has 0 saturated carbocycles. The van der Waals surface area contributed by atoms with E-state index in [1.165, 1.54) is 30.5 Å². The second-order valence-electron chi connectivity index (χ2n) is 3.92. The Morgan fingerprint density at radius 2 is 2.05 bits per heavy atom. The van der Waals surface area contributed by atoms with E-state index in [1.807, 2.05) is 0 Å². The number of rotatable bonds is 4. The van der Waals surface area contributed by atoms with Gasteiger partial charge in [0, 0.05) is 22.9 Å². The average molecular weight is 293 g/mol. The predicted octanol–water partition coefficient (Wildman–Crippen LogP) is 1.56. The standard InChI is InChI=1S/C13H12FN3O2S/c1-2-20(19)13-16-7-10(12(15)17-13)11(18)8-3-5-9(14)6-4-8/h3-7H,2H2,1H3,(H2,15,16,17). The molecule has 104 valence electrons. The van der Waals surface area contributed by atoms with Crippen molar-refractivity contribution >= 4 is 22.8 Å². The first kappa shape index (κ1) is 14.4. The van der Waals surface area contributed by atoms with Gasteiger partial charge in [-0.2, -0.15) is 9.97 Å². The summed E-state index contributed by atoms with van der Waals surface area (Å²) in [6, 6.07) is 5.08. The summed E-state index contributed by atoms with van der Waals surface area (Å²) >= 11 is -1.33. The Labute approximate surface area is 118 Å². The highest BCUT2D eigenvalue weighted by atomic mass is 32.2. The Kier molecular flexibility index (Phi) is 4.31. The van der Waals surface area contributed by atoms with E-state index in [2.05, 4.69) is 9.97 Å². The number of hydrogen-bond donors (Lipinski definition) is 1. The fraction of sp³-hybridized carbons (Fsp3) is 0.154. The van der Waals surface area contributed by atoms with Crippen LogP contribution >= 0.6 is 0 Å². The summed E-state index contributed by atoms with van der Waals surface area (Å²) in [6.07, 6.45) is 1.25. The van der Waals surface area contributed by atoms with Crippen LogP contribution < -0.4 is 5.73 Å². The number of nitrogens with zero attached hydrogens (tertiary/aromatic N) is 2. The van der Waals surface area contributed by atoms with Crippen molar-refractivity contribution < 1.29 is 13.7 Å². The van der Waals surface area contributed by atoms with Crippen LogP contribution in [0.25, 0.3) is 0 Å². The molecular weight excluding hydrogens is 281 g/mol. The lowest BCUT2D eigenvalue weighted by Crippen LogP contribution is -2.14. The molecule has 20 heavy (non-hydrogen) atoms. The Morgan fingerprint density at radius 3 is 2.60 bits per heavy atom. The fourth-order valence-electron chi connectivity index (χ4n) is 1.55. The molecule has 0 bridgehead atoms. The van der Waals surface area contributed by atoms with Crippen LogP contribution in [0.15, 0.2) is 35.6 Å². The van der Waals surface area contributed by atoms with Crippen molar-refractivity contribution in [3.8, 4) is 0 Å². The summed E-state index contributed by atoms with van der Waals surface area (Å²) in [6.45, 7) is 1.73. The molecule has 0 spiro atoms. The Balaban J connectivity index is 2.33. The average Bonchev–Trinajstić information content (AvgIpc) is 2.46. The summed E-state index contributed by atoms with van der Waals surface area (Å²) in [4.78, 5) is 19.9. The van der Waals surface area contributed by atoms with Gasteiger partial charge in [0.15, 0.2) is 5.78 Å². The van der Waals surface area contributed by atoms with Gasteiger partial charge in [-0.15, -0.1) is 0 Å². The number of anilines is 1. The molecule has 2 rings (SSSR count). The van der Waals surface area contributed by atoms with Crippen molar-refractivity contribution in [3.63, 3.8) is 0 Å². The van der Waals surface area contributed by atoms with Gasteiger partial charge in [0.1, 0.15) is 17.4 Å². The van der Waals surface area contributed by atoms with Gasteiger partial charge in [-0.1, -0.05) is 0 Å². The van der Waals surface area contributed by atoms with Crippen LogP contribution in [0.2, 0.25) is 0 Å². The number of benzene rings is 1. The number of halogens is 1. The third kappa shape index (κ3) is 2.94. The monoisotopic (exact) mass is 293 g/mol. The third-order valence-corrected chi connectivity index (χ3v) is 3.74. The number of carbonyl (C=O) groups excluding carboxylic acids is 1. The maximum atomic E-state index is 12.8. The molecule has 0 aliphatic heterocycles. The number of hydrogen-bond acceptors (Lipinski definition) is 5. The summed E-state index contributed by atoms with van der Waals surface area (Å²) in [5.41, 5.74) is 6.09. The van der Waals surface area contributed by atoms with Gasteiger partial charge in [-0.3, -0.25) is 4.79 Å².